The highest BCUT2D eigenvalue weighted by molar-refractivity contribution is 6.31. The Morgan fingerprint density at radius 3 is 2.53 bits per heavy atom. The van der Waals surface area contributed by atoms with Crippen LogP contribution in [-0.2, 0) is 6.54 Å². The third kappa shape index (κ3) is 3.32. The van der Waals surface area contributed by atoms with Gasteiger partial charge in [-0.1, -0.05) is 29.8 Å². The molecule has 1 amide bonds. The molecule has 0 radical (unpaired) electrons. The van der Waals surface area contributed by atoms with E-state index in [9.17, 15) is 4.79 Å². The number of hydrogen-bond acceptors (Lipinski definition) is 2. The Morgan fingerprint density at radius 1 is 1.21 bits per heavy atom. The van der Waals surface area contributed by atoms with Gasteiger partial charge in [-0.25, -0.2) is 0 Å². The molecule has 0 fully saturated rings. The van der Waals surface area contributed by atoms with E-state index >= 15 is 0 Å². The summed E-state index contributed by atoms with van der Waals surface area (Å²) < 4.78 is 0. The van der Waals surface area contributed by atoms with Crippen LogP contribution in [0.1, 0.15) is 22.8 Å². The van der Waals surface area contributed by atoms with Crippen molar-refractivity contribution in [3.63, 3.8) is 0 Å². The molecule has 0 aliphatic rings. The van der Waals surface area contributed by atoms with Crippen molar-refractivity contribution in [2.75, 3.05) is 6.54 Å². The van der Waals surface area contributed by atoms with Crippen LogP contribution in [0.5, 0.6) is 0 Å². The Balaban J connectivity index is 2.17. The fraction of sp³-hybridized carbons (Fsp3) is 0.200. The smallest absolute Gasteiger partial charge is 0.254 e. The fourth-order valence-electron chi connectivity index (χ4n) is 1.84. The SMILES string of the molecule is CCN(Cc1ccccc1Cl)C(=O)c1ccncc1. The molecule has 2 aromatic rings. The average molecular weight is 275 g/mol. The quantitative estimate of drug-likeness (QED) is 0.856. The van der Waals surface area contributed by atoms with Gasteiger partial charge in [-0.15, -0.1) is 0 Å². The first-order valence-electron chi connectivity index (χ1n) is 6.15. The highest BCUT2D eigenvalue weighted by atomic mass is 35.5. The van der Waals surface area contributed by atoms with Crippen molar-refractivity contribution < 1.29 is 4.79 Å². The number of hydrogen-bond donors (Lipinski definition) is 0. The highest BCUT2D eigenvalue weighted by Crippen LogP contribution is 2.18. The summed E-state index contributed by atoms with van der Waals surface area (Å²) in [5.41, 5.74) is 1.59. The Bertz CT molecular complexity index is 557. The number of halogens is 1. The summed E-state index contributed by atoms with van der Waals surface area (Å²) in [7, 11) is 0. The van der Waals surface area contributed by atoms with Crippen LogP contribution in [0.15, 0.2) is 48.8 Å². The zero-order valence-electron chi connectivity index (χ0n) is 10.7. The van der Waals surface area contributed by atoms with Gasteiger partial charge in [0.05, 0.1) is 0 Å². The summed E-state index contributed by atoms with van der Waals surface area (Å²) in [5.74, 6) is -0.00943. The number of rotatable bonds is 4. The molecule has 3 nitrogen and oxygen atoms in total. The van der Waals surface area contributed by atoms with Crippen molar-refractivity contribution in [1.29, 1.82) is 0 Å². The molecule has 1 aromatic heterocycles. The van der Waals surface area contributed by atoms with Crippen LogP contribution < -0.4 is 0 Å². The number of pyridine rings is 1. The second kappa shape index (κ2) is 6.34. The van der Waals surface area contributed by atoms with E-state index in [1.807, 2.05) is 31.2 Å². The zero-order chi connectivity index (χ0) is 13.7. The molecule has 2 rings (SSSR count). The van der Waals surface area contributed by atoms with Gasteiger partial charge in [0.2, 0.25) is 0 Å². The van der Waals surface area contributed by atoms with Gasteiger partial charge in [-0.2, -0.15) is 0 Å². The van der Waals surface area contributed by atoms with Gasteiger partial charge < -0.3 is 4.90 Å². The lowest BCUT2D eigenvalue weighted by atomic mass is 10.2. The van der Waals surface area contributed by atoms with E-state index in [4.69, 9.17) is 11.6 Å². The van der Waals surface area contributed by atoms with E-state index in [1.54, 1.807) is 29.4 Å². The van der Waals surface area contributed by atoms with Gasteiger partial charge in [0.1, 0.15) is 0 Å². The molecule has 98 valence electrons. The third-order valence-electron chi connectivity index (χ3n) is 2.92. The molecule has 0 bridgehead atoms. The number of aromatic nitrogens is 1. The van der Waals surface area contributed by atoms with Gasteiger partial charge in [-0.3, -0.25) is 9.78 Å². The number of carbonyl (C=O) groups is 1. The fourth-order valence-corrected chi connectivity index (χ4v) is 2.03. The number of nitrogens with zero attached hydrogens (tertiary/aromatic N) is 2. The first-order chi connectivity index (χ1) is 9.22. The molecule has 19 heavy (non-hydrogen) atoms. The average Bonchev–Trinajstić information content (AvgIpc) is 2.47. The standard InChI is InChI=1S/C15H15ClN2O/c1-2-18(11-13-5-3-4-6-14(13)16)15(19)12-7-9-17-10-8-12/h3-10H,2,11H2,1H3. The van der Waals surface area contributed by atoms with Crippen molar-refractivity contribution in [1.82, 2.24) is 9.88 Å². The Labute approximate surface area is 117 Å². The number of benzene rings is 1. The maximum Gasteiger partial charge on any atom is 0.254 e. The molecule has 0 saturated carbocycles. The van der Waals surface area contributed by atoms with E-state index in [1.165, 1.54) is 0 Å². The van der Waals surface area contributed by atoms with Crippen molar-refractivity contribution in [3.05, 3.63) is 64.9 Å². The predicted molar refractivity (Wildman–Crippen MR) is 76.1 cm³/mol. The first-order valence-corrected chi connectivity index (χ1v) is 6.53. The van der Waals surface area contributed by atoms with E-state index in [2.05, 4.69) is 4.98 Å². The summed E-state index contributed by atoms with van der Waals surface area (Å²) in [6.07, 6.45) is 3.24. The van der Waals surface area contributed by atoms with E-state index in [0.717, 1.165) is 5.56 Å². The molecule has 0 aliphatic heterocycles. The lowest BCUT2D eigenvalue weighted by molar-refractivity contribution is 0.0752. The molecule has 0 atom stereocenters. The Kier molecular flexibility index (Phi) is 4.53. The van der Waals surface area contributed by atoms with Gasteiger partial charge in [0.15, 0.2) is 0 Å². The van der Waals surface area contributed by atoms with E-state index in [-0.39, 0.29) is 5.91 Å². The highest BCUT2D eigenvalue weighted by Gasteiger charge is 2.15. The minimum Gasteiger partial charge on any atom is -0.335 e. The molecule has 4 heteroatoms. The monoisotopic (exact) mass is 274 g/mol. The lowest BCUT2D eigenvalue weighted by Crippen LogP contribution is -2.30. The Hall–Kier alpha value is -1.87. The van der Waals surface area contributed by atoms with Crippen LogP contribution >= 0.6 is 11.6 Å². The topological polar surface area (TPSA) is 33.2 Å². The maximum absolute atomic E-state index is 12.3. The first kappa shape index (κ1) is 13.6. The van der Waals surface area contributed by atoms with E-state index in [0.29, 0.717) is 23.7 Å². The summed E-state index contributed by atoms with van der Waals surface area (Å²) in [4.78, 5) is 18.0. The van der Waals surface area contributed by atoms with Crippen molar-refractivity contribution in [3.8, 4) is 0 Å². The van der Waals surface area contributed by atoms with Crippen LogP contribution in [0.25, 0.3) is 0 Å². The molecular formula is C15H15ClN2O. The van der Waals surface area contributed by atoms with Crippen LogP contribution in [-0.4, -0.2) is 22.3 Å². The second-order valence-corrected chi connectivity index (χ2v) is 4.55. The lowest BCUT2D eigenvalue weighted by Gasteiger charge is -2.21. The molecule has 0 aliphatic carbocycles. The maximum atomic E-state index is 12.3. The van der Waals surface area contributed by atoms with Gasteiger partial charge in [0.25, 0.3) is 5.91 Å². The Morgan fingerprint density at radius 2 is 1.89 bits per heavy atom. The summed E-state index contributed by atoms with van der Waals surface area (Å²) in [6.45, 7) is 3.10. The van der Waals surface area contributed by atoms with Crippen molar-refractivity contribution >= 4 is 17.5 Å². The van der Waals surface area contributed by atoms with Crippen LogP contribution in [0.4, 0.5) is 0 Å². The summed E-state index contributed by atoms with van der Waals surface area (Å²) >= 11 is 6.13. The second-order valence-electron chi connectivity index (χ2n) is 4.15. The molecule has 1 heterocycles. The van der Waals surface area contributed by atoms with Gasteiger partial charge in [-0.05, 0) is 30.7 Å². The largest absolute Gasteiger partial charge is 0.335 e. The molecule has 0 N–H and O–H groups in total. The molecular weight excluding hydrogens is 260 g/mol. The summed E-state index contributed by atoms with van der Waals surface area (Å²) in [6, 6.07) is 11.0. The minimum absolute atomic E-state index is 0.00943. The molecule has 1 aromatic carbocycles. The van der Waals surface area contributed by atoms with Gasteiger partial charge >= 0.3 is 0 Å². The minimum atomic E-state index is -0.00943. The normalized spacial score (nSPS) is 10.2. The molecule has 0 spiro atoms. The molecule has 0 saturated heterocycles. The molecule has 0 unspecified atom stereocenters. The van der Waals surface area contributed by atoms with Crippen molar-refractivity contribution in [2.24, 2.45) is 0 Å². The zero-order valence-corrected chi connectivity index (χ0v) is 11.5. The van der Waals surface area contributed by atoms with Gasteiger partial charge in [0, 0.05) is 36.1 Å². The number of carbonyl (C=O) groups excluding carboxylic acids is 1. The van der Waals surface area contributed by atoms with Crippen molar-refractivity contribution in [2.45, 2.75) is 13.5 Å². The van der Waals surface area contributed by atoms with E-state index < -0.39 is 0 Å². The van der Waals surface area contributed by atoms with Crippen LogP contribution in [0, 0.1) is 0 Å². The third-order valence-corrected chi connectivity index (χ3v) is 3.28. The predicted octanol–water partition coefficient (Wildman–Crippen LogP) is 3.40. The van der Waals surface area contributed by atoms with Crippen LogP contribution in [0.2, 0.25) is 5.02 Å². The number of amides is 1. The van der Waals surface area contributed by atoms with Crippen LogP contribution in [0.3, 0.4) is 0 Å². The summed E-state index contributed by atoms with van der Waals surface area (Å²) in [5, 5.41) is 0.684.